The lowest BCUT2D eigenvalue weighted by atomic mass is 10.4. The third-order valence-corrected chi connectivity index (χ3v) is 2.64. The first-order chi connectivity index (χ1) is 5.31. The highest BCUT2D eigenvalue weighted by Gasteiger charge is 1.93. The summed E-state index contributed by atoms with van der Waals surface area (Å²) in [6.45, 7) is 3.76. The molecule has 0 amide bonds. The van der Waals surface area contributed by atoms with Crippen LogP contribution in [0.1, 0.15) is 13.3 Å². The van der Waals surface area contributed by atoms with Gasteiger partial charge in [0.15, 0.2) is 0 Å². The summed E-state index contributed by atoms with van der Waals surface area (Å²) >= 11 is 0. The lowest BCUT2D eigenvalue weighted by Crippen LogP contribution is -2.22. The van der Waals surface area contributed by atoms with Gasteiger partial charge in [-0.3, -0.25) is 4.21 Å². The molecule has 0 saturated heterocycles. The normalized spacial score (nSPS) is 13.3. The molecular weight excluding hydrogens is 162 g/mol. The molecule has 0 aromatic rings. The fourth-order valence-electron chi connectivity index (χ4n) is 0.659. The number of nitrogens with one attached hydrogen (secondary N) is 1. The molecule has 1 atom stereocenters. The highest BCUT2D eigenvalue weighted by atomic mass is 32.2. The number of aliphatic hydroxyl groups is 1. The average Bonchev–Trinajstić information content (AvgIpc) is 2.04. The van der Waals surface area contributed by atoms with Crippen molar-refractivity contribution >= 4 is 10.8 Å². The minimum Gasteiger partial charge on any atom is -0.396 e. The van der Waals surface area contributed by atoms with Crippen LogP contribution in [0.25, 0.3) is 0 Å². The fraction of sp³-hybridized carbons (Fsp3) is 1.00. The molecule has 3 nitrogen and oxygen atoms in total. The van der Waals surface area contributed by atoms with Crippen molar-refractivity contribution in [3.8, 4) is 0 Å². The SMILES string of the molecule is CCS(=O)CCNCCCO. The van der Waals surface area contributed by atoms with E-state index in [1.54, 1.807) is 0 Å². The largest absolute Gasteiger partial charge is 0.396 e. The van der Waals surface area contributed by atoms with Gasteiger partial charge in [-0.15, -0.1) is 0 Å². The maximum absolute atomic E-state index is 10.9. The van der Waals surface area contributed by atoms with Gasteiger partial charge in [0.05, 0.1) is 0 Å². The number of hydrogen-bond acceptors (Lipinski definition) is 3. The van der Waals surface area contributed by atoms with E-state index in [0.29, 0.717) is 0 Å². The van der Waals surface area contributed by atoms with Crippen molar-refractivity contribution in [2.45, 2.75) is 13.3 Å². The smallest absolute Gasteiger partial charge is 0.0443 e. The standard InChI is InChI=1S/C7H17NO2S/c1-2-11(10)7-5-8-4-3-6-9/h8-9H,2-7H2,1H3. The van der Waals surface area contributed by atoms with Gasteiger partial charge in [0.1, 0.15) is 0 Å². The Morgan fingerprint density at radius 3 is 2.73 bits per heavy atom. The van der Waals surface area contributed by atoms with Crippen LogP contribution in [0.4, 0.5) is 0 Å². The zero-order valence-corrected chi connectivity index (χ0v) is 7.82. The van der Waals surface area contributed by atoms with Gasteiger partial charge >= 0.3 is 0 Å². The lowest BCUT2D eigenvalue weighted by Gasteiger charge is -2.01. The maximum atomic E-state index is 10.9. The van der Waals surface area contributed by atoms with Gasteiger partial charge in [0.25, 0.3) is 0 Å². The van der Waals surface area contributed by atoms with Crippen LogP contribution in [0.3, 0.4) is 0 Å². The molecule has 0 aromatic carbocycles. The lowest BCUT2D eigenvalue weighted by molar-refractivity contribution is 0.286. The Hall–Kier alpha value is 0.0700. The second kappa shape index (κ2) is 8.17. The van der Waals surface area contributed by atoms with Crippen molar-refractivity contribution in [3.05, 3.63) is 0 Å². The summed E-state index contributed by atoms with van der Waals surface area (Å²) in [7, 11) is -0.657. The first kappa shape index (κ1) is 11.1. The maximum Gasteiger partial charge on any atom is 0.0443 e. The van der Waals surface area contributed by atoms with Crippen LogP contribution in [0.5, 0.6) is 0 Å². The summed E-state index contributed by atoms with van der Waals surface area (Å²) < 4.78 is 10.9. The van der Waals surface area contributed by atoms with Crippen LogP contribution >= 0.6 is 0 Å². The molecule has 0 saturated carbocycles. The molecule has 68 valence electrons. The van der Waals surface area contributed by atoms with Crippen molar-refractivity contribution in [3.63, 3.8) is 0 Å². The molecule has 0 aliphatic rings. The third kappa shape index (κ3) is 7.97. The quantitative estimate of drug-likeness (QED) is 0.529. The summed E-state index contributed by atoms with van der Waals surface area (Å²) in [6, 6.07) is 0. The highest BCUT2D eigenvalue weighted by molar-refractivity contribution is 7.84. The topological polar surface area (TPSA) is 49.3 Å². The van der Waals surface area contributed by atoms with E-state index >= 15 is 0 Å². The Kier molecular flexibility index (Phi) is 8.22. The molecule has 0 bridgehead atoms. The van der Waals surface area contributed by atoms with Crippen LogP contribution < -0.4 is 5.32 Å². The van der Waals surface area contributed by atoms with E-state index in [1.807, 2.05) is 6.92 Å². The van der Waals surface area contributed by atoms with E-state index in [-0.39, 0.29) is 6.61 Å². The minimum absolute atomic E-state index is 0.226. The molecule has 0 spiro atoms. The molecule has 1 unspecified atom stereocenters. The van der Waals surface area contributed by atoms with Crippen LogP contribution in [0, 0.1) is 0 Å². The Balaban J connectivity index is 2.95. The highest BCUT2D eigenvalue weighted by Crippen LogP contribution is 1.79. The van der Waals surface area contributed by atoms with Crippen LogP contribution in [-0.4, -0.2) is 40.5 Å². The summed E-state index contributed by atoms with van der Waals surface area (Å²) in [5, 5.41) is 11.5. The first-order valence-corrected chi connectivity index (χ1v) is 5.46. The van der Waals surface area contributed by atoms with Gasteiger partial charge in [-0.1, -0.05) is 6.92 Å². The molecule has 0 aliphatic carbocycles. The third-order valence-electron chi connectivity index (χ3n) is 1.34. The second-order valence-electron chi connectivity index (χ2n) is 2.26. The zero-order valence-electron chi connectivity index (χ0n) is 7.01. The molecule has 2 N–H and O–H groups in total. The molecule has 0 aromatic heterocycles. The molecule has 0 heterocycles. The predicted molar refractivity (Wildman–Crippen MR) is 48.1 cm³/mol. The summed E-state index contributed by atoms with van der Waals surface area (Å²) in [5.74, 6) is 1.46. The van der Waals surface area contributed by atoms with Crippen molar-refractivity contribution in [1.29, 1.82) is 0 Å². The van der Waals surface area contributed by atoms with Gasteiger partial charge in [0, 0.05) is 35.5 Å². The van der Waals surface area contributed by atoms with Crippen molar-refractivity contribution in [2.24, 2.45) is 0 Å². The van der Waals surface area contributed by atoms with Gasteiger partial charge in [-0.2, -0.15) is 0 Å². The van der Waals surface area contributed by atoms with Gasteiger partial charge in [-0.25, -0.2) is 0 Å². The number of aliphatic hydroxyl groups excluding tert-OH is 1. The van der Waals surface area contributed by atoms with E-state index in [1.165, 1.54) is 0 Å². The second-order valence-corrected chi connectivity index (χ2v) is 4.13. The van der Waals surface area contributed by atoms with E-state index < -0.39 is 10.8 Å². The van der Waals surface area contributed by atoms with Gasteiger partial charge in [0.2, 0.25) is 0 Å². The van der Waals surface area contributed by atoms with Crippen molar-refractivity contribution in [2.75, 3.05) is 31.2 Å². The van der Waals surface area contributed by atoms with Crippen LogP contribution in [-0.2, 0) is 10.8 Å². The molecule has 0 fully saturated rings. The van der Waals surface area contributed by atoms with Crippen molar-refractivity contribution < 1.29 is 9.32 Å². The first-order valence-electron chi connectivity index (χ1n) is 3.97. The van der Waals surface area contributed by atoms with E-state index in [9.17, 15) is 4.21 Å². The summed E-state index contributed by atoms with van der Waals surface area (Å²) in [5.41, 5.74) is 0. The number of rotatable bonds is 7. The molecule has 0 rings (SSSR count). The van der Waals surface area contributed by atoms with E-state index in [0.717, 1.165) is 31.0 Å². The molecule has 0 radical (unpaired) electrons. The van der Waals surface area contributed by atoms with Crippen molar-refractivity contribution in [1.82, 2.24) is 5.32 Å². The van der Waals surface area contributed by atoms with Crippen LogP contribution in [0.15, 0.2) is 0 Å². The molecule has 11 heavy (non-hydrogen) atoms. The summed E-state index contributed by atoms with van der Waals surface area (Å²) in [6.07, 6.45) is 0.777. The zero-order chi connectivity index (χ0) is 8.53. The monoisotopic (exact) mass is 179 g/mol. The molecular formula is C7H17NO2S. The Morgan fingerprint density at radius 1 is 1.45 bits per heavy atom. The van der Waals surface area contributed by atoms with E-state index in [4.69, 9.17) is 5.11 Å². The van der Waals surface area contributed by atoms with Gasteiger partial charge < -0.3 is 10.4 Å². The predicted octanol–water partition coefficient (Wildman–Crippen LogP) is -0.273. The molecule has 4 heteroatoms. The Labute approximate surface area is 70.6 Å². The number of hydrogen-bond donors (Lipinski definition) is 2. The van der Waals surface area contributed by atoms with Crippen LogP contribution in [0.2, 0.25) is 0 Å². The summed E-state index contributed by atoms with van der Waals surface area (Å²) in [4.78, 5) is 0. The molecule has 0 aliphatic heterocycles. The Morgan fingerprint density at radius 2 is 2.18 bits per heavy atom. The minimum atomic E-state index is -0.657. The van der Waals surface area contributed by atoms with Gasteiger partial charge in [-0.05, 0) is 13.0 Å². The average molecular weight is 179 g/mol. The van der Waals surface area contributed by atoms with E-state index in [2.05, 4.69) is 5.32 Å². The fourth-order valence-corrected chi connectivity index (χ4v) is 1.32. The Bertz CT molecular complexity index is 109.